The number of Topliss-reactive ketones (excluding diaryl/α,β-unsaturated/α-hetero) is 1. The van der Waals surface area contributed by atoms with Crippen LogP contribution in [0.15, 0.2) is 42.5 Å². The van der Waals surface area contributed by atoms with Gasteiger partial charge < -0.3 is 9.84 Å². The predicted molar refractivity (Wildman–Crippen MR) is 125 cm³/mol. The van der Waals surface area contributed by atoms with Gasteiger partial charge in [0.1, 0.15) is 18.8 Å². The first-order valence-corrected chi connectivity index (χ1v) is 11.9. The van der Waals surface area contributed by atoms with Crippen LogP contribution in [0.1, 0.15) is 30.9 Å². The normalized spacial score (nSPS) is 21.7. The van der Waals surface area contributed by atoms with E-state index in [2.05, 4.69) is 0 Å². The third kappa shape index (κ3) is 5.64. The fourth-order valence-electron chi connectivity index (χ4n) is 4.78. The Balaban J connectivity index is 1.51. The van der Waals surface area contributed by atoms with E-state index < -0.39 is 66.9 Å². The summed E-state index contributed by atoms with van der Waals surface area (Å²) in [6.45, 7) is -1.67. The summed E-state index contributed by atoms with van der Waals surface area (Å²) >= 11 is 0. The van der Waals surface area contributed by atoms with Crippen LogP contribution in [0.2, 0.25) is 0 Å². The van der Waals surface area contributed by atoms with Gasteiger partial charge in [0.15, 0.2) is 11.8 Å². The van der Waals surface area contributed by atoms with Crippen molar-refractivity contribution < 1.29 is 51.4 Å². The molecular formula is C25H23F4N3O7. The molecule has 0 saturated carbocycles. The highest BCUT2D eigenvalue weighted by Crippen LogP contribution is 2.40. The minimum absolute atomic E-state index is 0.0195. The molecule has 2 aliphatic heterocycles. The van der Waals surface area contributed by atoms with E-state index in [-0.39, 0.29) is 23.9 Å². The van der Waals surface area contributed by atoms with Crippen molar-refractivity contribution in [2.45, 2.75) is 49.7 Å². The Labute approximate surface area is 218 Å². The highest BCUT2D eigenvalue weighted by atomic mass is 19.4. The van der Waals surface area contributed by atoms with E-state index >= 15 is 0 Å². The molecule has 0 aliphatic carbocycles. The molecule has 2 aliphatic rings. The quantitative estimate of drug-likeness (QED) is 0.414. The number of benzene rings is 2. The zero-order chi connectivity index (χ0) is 28.5. The van der Waals surface area contributed by atoms with Crippen molar-refractivity contribution >= 4 is 40.6 Å². The number of carbonyl (C=O) groups excluding carboxylic acids is 4. The number of likely N-dealkylation sites (tertiary alicyclic amines) is 1. The number of hydrogen-bond acceptors (Lipinski definition) is 6. The first-order chi connectivity index (χ1) is 18.5. The van der Waals surface area contributed by atoms with Crippen LogP contribution in [0.25, 0.3) is 10.8 Å². The van der Waals surface area contributed by atoms with Crippen LogP contribution in [0.4, 0.5) is 27.2 Å². The number of urea groups is 1. The van der Waals surface area contributed by atoms with Gasteiger partial charge >= 0.3 is 24.3 Å². The van der Waals surface area contributed by atoms with Crippen LogP contribution in [0, 0.1) is 0 Å². The lowest BCUT2D eigenvalue weighted by Gasteiger charge is -2.35. The second-order valence-electron chi connectivity index (χ2n) is 9.11. The van der Waals surface area contributed by atoms with Crippen LogP contribution in [0.3, 0.4) is 0 Å². The number of piperidine rings is 1. The second kappa shape index (κ2) is 10.9. The zero-order valence-electron chi connectivity index (χ0n) is 20.2. The summed E-state index contributed by atoms with van der Waals surface area (Å²) in [5, 5.41) is 11.7. The maximum absolute atomic E-state index is 14.1. The Kier molecular flexibility index (Phi) is 7.74. The van der Waals surface area contributed by atoms with E-state index in [1.807, 2.05) is 5.32 Å². The lowest BCUT2D eigenvalue weighted by molar-refractivity contribution is -0.209. The number of fused-ring (bicyclic) bond motifs is 1. The summed E-state index contributed by atoms with van der Waals surface area (Å²) < 4.78 is 59.9. The van der Waals surface area contributed by atoms with Gasteiger partial charge in [-0.2, -0.15) is 13.2 Å². The molecule has 2 aromatic carbocycles. The van der Waals surface area contributed by atoms with Gasteiger partial charge in [-0.25, -0.2) is 18.8 Å². The number of amides is 4. The standard InChI is InChI=1S/C25H23F4N3O7/c26-12-17(33)18-19(22(35)36)32(18)23(37)30-21(34)16-10-3-4-11-31(16)24(38)39-20(25(27,28)29)15-9-5-7-13-6-1-2-8-14(13)15/h1-2,5-9,16,18-20H,3-4,10-12H2,(H,35,36)(H,30,34,37). The summed E-state index contributed by atoms with van der Waals surface area (Å²) in [4.78, 5) is 62.5. The Bertz CT molecular complexity index is 1310. The van der Waals surface area contributed by atoms with Gasteiger partial charge in [0, 0.05) is 12.1 Å². The molecule has 4 rings (SSSR count). The molecule has 2 N–H and O–H groups in total. The van der Waals surface area contributed by atoms with Gasteiger partial charge in [0.25, 0.3) is 5.91 Å². The molecule has 0 bridgehead atoms. The summed E-state index contributed by atoms with van der Waals surface area (Å²) in [7, 11) is 0. The summed E-state index contributed by atoms with van der Waals surface area (Å²) in [5.74, 6) is -3.86. The molecule has 4 unspecified atom stereocenters. The average Bonchev–Trinajstić information content (AvgIpc) is 3.67. The highest BCUT2D eigenvalue weighted by Gasteiger charge is 2.60. The largest absolute Gasteiger partial charge is 0.480 e. The van der Waals surface area contributed by atoms with Crippen LogP contribution >= 0.6 is 0 Å². The van der Waals surface area contributed by atoms with Crippen molar-refractivity contribution in [2.75, 3.05) is 13.2 Å². The molecule has 14 heteroatoms. The number of rotatable bonds is 6. The highest BCUT2D eigenvalue weighted by molar-refractivity contribution is 6.07. The fraction of sp³-hybridized carbons (Fsp3) is 0.400. The Morgan fingerprint density at radius 2 is 1.72 bits per heavy atom. The van der Waals surface area contributed by atoms with Gasteiger partial charge in [-0.15, -0.1) is 0 Å². The summed E-state index contributed by atoms with van der Waals surface area (Å²) in [5.41, 5.74) is -0.299. The molecule has 10 nitrogen and oxygen atoms in total. The number of hydrogen-bond donors (Lipinski definition) is 2. The number of halogens is 4. The number of ketones is 1. The Morgan fingerprint density at radius 3 is 2.38 bits per heavy atom. The third-order valence-corrected chi connectivity index (χ3v) is 6.65. The topological polar surface area (TPSA) is 133 Å². The van der Waals surface area contributed by atoms with E-state index in [1.54, 1.807) is 24.3 Å². The third-order valence-electron chi connectivity index (χ3n) is 6.65. The van der Waals surface area contributed by atoms with Crippen LogP contribution < -0.4 is 5.32 Å². The van der Waals surface area contributed by atoms with Crippen molar-refractivity contribution in [1.29, 1.82) is 0 Å². The minimum atomic E-state index is -4.99. The zero-order valence-corrected chi connectivity index (χ0v) is 20.2. The van der Waals surface area contributed by atoms with Gasteiger partial charge in [-0.3, -0.25) is 24.7 Å². The molecule has 0 aromatic heterocycles. The number of nitrogens with zero attached hydrogens (tertiary/aromatic N) is 2. The van der Waals surface area contributed by atoms with Crippen molar-refractivity contribution in [3.8, 4) is 0 Å². The Morgan fingerprint density at radius 1 is 1.03 bits per heavy atom. The molecule has 0 radical (unpaired) electrons. The predicted octanol–water partition coefficient (Wildman–Crippen LogP) is 3.35. The minimum Gasteiger partial charge on any atom is -0.480 e. The maximum atomic E-state index is 14.1. The Hall–Kier alpha value is -4.23. The van der Waals surface area contributed by atoms with E-state index in [1.165, 1.54) is 18.2 Å². The molecule has 4 atom stereocenters. The number of ether oxygens (including phenoxy) is 1. The van der Waals surface area contributed by atoms with Gasteiger partial charge in [-0.05, 0) is 30.0 Å². The van der Waals surface area contributed by atoms with Crippen molar-refractivity contribution in [3.05, 3.63) is 48.0 Å². The van der Waals surface area contributed by atoms with Crippen molar-refractivity contribution in [1.82, 2.24) is 15.1 Å². The molecule has 2 aromatic rings. The smallest absolute Gasteiger partial charge is 0.429 e. The first kappa shape index (κ1) is 27.8. The molecule has 2 heterocycles. The number of nitrogens with one attached hydrogen (secondary N) is 1. The molecule has 2 fully saturated rings. The lowest BCUT2D eigenvalue weighted by atomic mass is 10.00. The average molecular weight is 553 g/mol. The molecule has 2 saturated heterocycles. The van der Waals surface area contributed by atoms with E-state index in [9.17, 15) is 41.5 Å². The monoisotopic (exact) mass is 553 g/mol. The number of alkyl halides is 4. The SMILES string of the molecule is O=C(NC(=O)N1C(C(=O)O)C1C(=O)CF)C1CCCCN1C(=O)OC(c1cccc2ccccc12)C(F)(F)F. The van der Waals surface area contributed by atoms with Gasteiger partial charge in [-0.1, -0.05) is 42.5 Å². The van der Waals surface area contributed by atoms with Crippen LogP contribution in [0.5, 0.6) is 0 Å². The molecular weight excluding hydrogens is 530 g/mol. The number of imide groups is 1. The lowest BCUT2D eigenvalue weighted by Crippen LogP contribution is -2.54. The molecule has 4 amide bonds. The molecule has 0 spiro atoms. The van der Waals surface area contributed by atoms with E-state index in [4.69, 9.17) is 9.84 Å². The number of carbonyl (C=O) groups is 5. The first-order valence-electron chi connectivity index (χ1n) is 11.9. The maximum Gasteiger partial charge on any atom is 0.429 e. The van der Waals surface area contributed by atoms with Gasteiger partial charge in [0.05, 0.1) is 0 Å². The van der Waals surface area contributed by atoms with Gasteiger partial charge in [0.2, 0.25) is 6.10 Å². The number of aliphatic carboxylic acids is 1. The van der Waals surface area contributed by atoms with Crippen LogP contribution in [-0.2, 0) is 19.1 Å². The summed E-state index contributed by atoms with van der Waals surface area (Å²) in [6.07, 6.45) is -8.35. The molecule has 208 valence electrons. The molecule has 39 heavy (non-hydrogen) atoms. The van der Waals surface area contributed by atoms with Crippen molar-refractivity contribution in [2.24, 2.45) is 0 Å². The van der Waals surface area contributed by atoms with E-state index in [0.29, 0.717) is 23.1 Å². The van der Waals surface area contributed by atoms with Crippen molar-refractivity contribution in [3.63, 3.8) is 0 Å². The second-order valence-corrected chi connectivity index (χ2v) is 9.11. The number of carboxylic acids is 1. The number of carboxylic acid groups (broad SMARTS) is 1. The summed E-state index contributed by atoms with van der Waals surface area (Å²) in [6, 6.07) is 4.46. The fourth-order valence-corrected chi connectivity index (χ4v) is 4.78. The van der Waals surface area contributed by atoms with E-state index in [0.717, 1.165) is 4.90 Å². The van der Waals surface area contributed by atoms with Crippen LogP contribution in [-0.4, -0.2) is 82.2 Å².